The van der Waals surface area contributed by atoms with E-state index in [1.165, 1.54) is 0 Å². The minimum atomic E-state index is 0.522. The van der Waals surface area contributed by atoms with Crippen molar-refractivity contribution in [1.29, 1.82) is 0 Å². The summed E-state index contributed by atoms with van der Waals surface area (Å²) in [6.45, 7) is 5.23. The van der Waals surface area contributed by atoms with Crippen molar-refractivity contribution in [3.8, 4) is 11.3 Å². The minimum Gasteiger partial charge on any atom is -0.383 e. The highest BCUT2D eigenvalue weighted by molar-refractivity contribution is 6.42. The normalized spacial score (nSPS) is 11.0. The second-order valence-corrected chi connectivity index (χ2v) is 5.96. The number of hydrogen-bond donors (Lipinski definition) is 1. The molecule has 2 N–H and O–H groups in total. The molecule has 3 nitrogen and oxygen atoms in total. The number of imidazole rings is 1. The van der Waals surface area contributed by atoms with E-state index in [-0.39, 0.29) is 0 Å². The van der Waals surface area contributed by atoms with Gasteiger partial charge in [-0.15, -0.1) is 0 Å². The van der Waals surface area contributed by atoms with Crippen LogP contribution in [0.15, 0.2) is 18.2 Å². The number of nitrogen functional groups attached to an aromatic ring is 1. The van der Waals surface area contributed by atoms with Gasteiger partial charge in [0.1, 0.15) is 17.3 Å². The summed E-state index contributed by atoms with van der Waals surface area (Å²) in [5.74, 6) is 1.76. The number of unbranched alkanes of at least 4 members (excludes halogenated alkanes) is 1. The van der Waals surface area contributed by atoms with Crippen LogP contribution in [0.1, 0.15) is 38.9 Å². The van der Waals surface area contributed by atoms with E-state index < -0.39 is 0 Å². The molecular weight excluding hydrogens is 305 g/mol. The maximum Gasteiger partial charge on any atom is 0.131 e. The Hall–Kier alpha value is -1.19. The molecule has 0 bridgehead atoms. The maximum atomic E-state index is 6.32. The van der Waals surface area contributed by atoms with E-state index >= 15 is 0 Å². The summed E-state index contributed by atoms with van der Waals surface area (Å²) in [6, 6.07) is 5.51. The molecule has 1 aromatic heterocycles. The quantitative estimate of drug-likeness (QED) is 0.793. The molecule has 114 valence electrons. The van der Waals surface area contributed by atoms with Gasteiger partial charge in [0, 0.05) is 18.5 Å². The molecule has 0 atom stereocenters. The van der Waals surface area contributed by atoms with Crippen molar-refractivity contribution in [1.82, 2.24) is 9.55 Å². The molecule has 1 aromatic carbocycles. The number of anilines is 1. The van der Waals surface area contributed by atoms with Crippen LogP contribution in [0.25, 0.3) is 11.3 Å². The lowest BCUT2D eigenvalue weighted by molar-refractivity contribution is 0.604. The van der Waals surface area contributed by atoms with Gasteiger partial charge in [-0.2, -0.15) is 0 Å². The molecule has 21 heavy (non-hydrogen) atoms. The minimum absolute atomic E-state index is 0.522. The number of aromatic nitrogens is 2. The SMILES string of the molecule is CCCCn1c(CCC)nc(-c2ccc(Cl)c(Cl)c2)c1N. The Labute approximate surface area is 136 Å². The van der Waals surface area contributed by atoms with Crippen LogP contribution in [-0.4, -0.2) is 9.55 Å². The van der Waals surface area contributed by atoms with Gasteiger partial charge in [-0.3, -0.25) is 0 Å². The first-order valence-electron chi connectivity index (χ1n) is 7.38. The predicted octanol–water partition coefficient (Wildman–Crippen LogP) is 5.19. The number of aryl methyl sites for hydroxylation is 1. The second-order valence-electron chi connectivity index (χ2n) is 5.15. The molecule has 0 aliphatic carbocycles. The Balaban J connectivity index is 2.45. The standard InChI is InChI=1S/C16H21Cl2N3/c1-3-5-9-21-14(6-4-2)20-15(16(21)19)11-7-8-12(17)13(18)10-11/h7-8,10H,3-6,9,19H2,1-2H3. The molecule has 2 aromatic rings. The van der Waals surface area contributed by atoms with Crippen molar-refractivity contribution >= 4 is 29.0 Å². The Morgan fingerprint density at radius 2 is 1.90 bits per heavy atom. The van der Waals surface area contributed by atoms with Crippen molar-refractivity contribution in [2.24, 2.45) is 0 Å². The molecule has 0 spiro atoms. The van der Waals surface area contributed by atoms with Gasteiger partial charge in [0.2, 0.25) is 0 Å². The third kappa shape index (κ3) is 3.53. The Bertz CT molecular complexity index is 620. The van der Waals surface area contributed by atoms with Crippen molar-refractivity contribution in [2.75, 3.05) is 5.73 Å². The van der Waals surface area contributed by atoms with E-state index in [1.54, 1.807) is 6.07 Å². The second kappa shape index (κ2) is 7.19. The zero-order valence-electron chi connectivity index (χ0n) is 12.5. The smallest absolute Gasteiger partial charge is 0.131 e. The highest BCUT2D eigenvalue weighted by atomic mass is 35.5. The largest absolute Gasteiger partial charge is 0.383 e. The molecule has 0 unspecified atom stereocenters. The van der Waals surface area contributed by atoms with Gasteiger partial charge < -0.3 is 10.3 Å². The number of hydrogen-bond acceptors (Lipinski definition) is 2. The molecule has 5 heteroatoms. The summed E-state index contributed by atoms with van der Waals surface area (Å²) in [5.41, 5.74) is 8.03. The summed E-state index contributed by atoms with van der Waals surface area (Å²) in [5, 5.41) is 1.06. The van der Waals surface area contributed by atoms with Crippen LogP contribution < -0.4 is 5.73 Å². The molecule has 0 saturated carbocycles. The topological polar surface area (TPSA) is 43.8 Å². The van der Waals surface area contributed by atoms with E-state index in [0.29, 0.717) is 15.9 Å². The zero-order valence-corrected chi connectivity index (χ0v) is 14.0. The first kappa shape index (κ1) is 16.2. The average Bonchev–Trinajstić information content (AvgIpc) is 2.77. The van der Waals surface area contributed by atoms with Crippen LogP contribution in [-0.2, 0) is 13.0 Å². The zero-order chi connectivity index (χ0) is 15.4. The summed E-state index contributed by atoms with van der Waals surface area (Å²) in [4.78, 5) is 4.73. The molecule has 1 heterocycles. The molecule has 0 aliphatic rings. The van der Waals surface area contributed by atoms with Crippen LogP contribution in [0.2, 0.25) is 10.0 Å². The van der Waals surface area contributed by atoms with Gasteiger partial charge in [-0.1, -0.05) is 49.5 Å². The molecule has 0 saturated heterocycles. The molecule has 2 rings (SSSR count). The van der Waals surface area contributed by atoms with Crippen molar-refractivity contribution in [3.05, 3.63) is 34.1 Å². The number of rotatable bonds is 6. The van der Waals surface area contributed by atoms with E-state index in [0.717, 1.165) is 49.3 Å². The number of halogens is 2. The van der Waals surface area contributed by atoms with Crippen LogP contribution >= 0.6 is 23.2 Å². The number of benzene rings is 1. The third-order valence-corrected chi connectivity index (χ3v) is 4.23. The first-order valence-corrected chi connectivity index (χ1v) is 8.14. The third-order valence-electron chi connectivity index (χ3n) is 3.49. The molecule has 0 aliphatic heterocycles. The van der Waals surface area contributed by atoms with Gasteiger partial charge in [-0.25, -0.2) is 4.98 Å². The highest BCUT2D eigenvalue weighted by Crippen LogP contribution is 2.32. The summed E-state index contributed by atoms with van der Waals surface area (Å²) in [6.07, 6.45) is 4.20. The van der Waals surface area contributed by atoms with Gasteiger partial charge in [-0.05, 0) is 25.0 Å². The fourth-order valence-electron chi connectivity index (χ4n) is 2.35. The fraction of sp³-hybridized carbons (Fsp3) is 0.438. The van der Waals surface area contributed by atoms with E-state index in [1.807, 2.05) is 12.1 Å². The Kier molecular flexibility index (Phi) is 5.54. The van der Waals surface area contributed by atoms with Crippen molar-refractivity contribution in [3.63, 3.8) is 0 Å². The highest BCUT2D eigenvalue weighted by Gasteiger charge is 2.16. The van der Waals surface area contributed by atoms with Crippen LogP contribution in [0.5, 0.6) is 0 Å². The molecular formula is C16H21Cl2N3. The lowest BCUT2D eigenvalue weighted by atomic mass is 10.1. The molecule has 0 amide bonds. The van der Waals surface area contributed by atoms with Crippen molar-refractivity contribution in [2.45, 2.75) is 46.1 Å². The van der Waals surface area contributed by atoms with Gasteiger partial charge in [0.05, 0.1) is 10.0 Å². The maximum absolute atomic E-state index is 6.32. The number of nitrogens with zero attached hydrogens (tertiary/aromatic N) is 2. The Morgan fingerprint density at radius 1 is 1.14 bits per heavy atom. The molecule has 0 radical (unpaired) electrons. The van der Waals surface area contributed by atoms with Gasteiger partial charge in [0.25, 0.3) is 0 Å². The van der Waals surface area contributed by atoms with Crippen LogP contribution in [0.3, 0.4) is 0 Å². The summed E-state index contributed by atoms with van der Waals surface area (Å²) >= 11 is 12.1. The van der Waals surface area contributed by atoms with Gasteiger partial charge in [0.15, 0.2) is 0 Å². The van der Waals surface area contributed by atoms with E-state index in [9.17, 15) is 0 Å². The molecule has 0 fully saturated rings. The van der Waals surface area contributed by atoms with Crippen molar-refractivity contribution < 1.29 is 0 Å². The van der Waals surface area contributed by atoms with E-state index in [2.05, 4.69) is 18.4 Å². The summed E-state index contributed by atoms with van der Waals surface area (Å²) in [7, 11) is 0. The van der Waals surface area contributed by atoms with Gasteiger partial charge >= 0.3 is 0 Å². The Morgan fingerprint density at radius 3 is 2.52 bits per heavy atom. The first-order chi connectivity index (χ1) is 10.1. The number of nitrogens with two attached hydrogens (primary N) is 1. The monoisotopic (exact) mass is 325 g/mol. The lowest BCUT2D eigenvalue weighted by Crippen LogP contribution is -2.07. The van der Waals surface area contributed by atoms with Crippen LogP contribution in [0.4, 0.5) is 5.82 Å². The lowest BCUT2D eigenvalue weighted by Gasteiger charge is -2.08. The average molecular weight is 326 g/mol. The van der Waals surface area contributed by atoms with Crippen LogP contribution in [0, 0.1) is 0 Å². The predicted molar refractivity (Wildman–Crippen MR) is 91.0 cm³/mol. The summed E-state index contributed by atoms with van der Waals surface area (Å²) < 4.78 is 2.13. The van der Waals surface area contributed by atoms with E-state index in [4.69, 9.17) is 33.9 Å². The fourth-order valence-corrected chi connectivity index (χ4v) is 2.65.